The Morgan fingerprint density at radius 1 is 1.35 bits per heavy atom. The number of aromatic nitrogens is 2. The molecule has 2 heterocycles. The number of nitrogens with zero attached hydrogens (tertiary/aromatic N) is 3. The Balaban J connectivity index is 2.00. The van der Waals surface area contributed by atoms with E-state index in [1.54, 1.807) is 7.11 Å². The number of ether oxygens (including phenoxy) is 1. The third kappa shape index (κ3) is 2.31. The number of methoxy groups -OCH3 is 1. The number of nitrogen functional groups attached to an aromatic ring is 1. The second kappa shape index (κ2) is 5.44. The highest BCUT2D eigenvalue weighted by Crippen LogP contribution is 2.33. The molecule has 6 nitrogen and oxygen atoms in total. The topological polar surface area (TPSA) is 76.3 Å². The molecule has 20 heavy (non-hydrogen) atoms. The van der Waals surface area contributed by atoms with Gasteiger partial charge in [-0.25, -0.2) is 15.8 Å². The van der Waals surface area contributed by atoms with Crippen molar-refractivity contribution in [2.45, 2.75) is 13.0 Å². The number of hydrazine groups is 1. The predicted octanol–water partition coefficient (Wildman–Crippen LogP) is 1.60. The number of nitrogens with one attached hydrogen (secondary N) is 1. The maximum atomic E-state index is 5.48. The lowest BCUT2D eigenvalue weighted by Gasteiger charge is -2.19. The summed E-state index contributed by atoms with van der Waals surface area (Å²) in [5.74, 6) is 7.52. The summed E-state index contributed by atoms with van der Waals surface area (Å²) in [4.78, 5) is 11.0. The monoisotopic (exact) mass is 271 g/mol. The smallest absolute Gasteiger partial charge is 0.158 e. The zero-order chi connectivity index (χ0) is 13.9. The Labute approximate surface area is 117 Å². The van der Waals surface area contributed by atoms with Crippen molar-refractivity contribution in [3.05, 3.63) is 41.7 Å². The van der Waals surface area contributed by atoms with Gasteiger partial charge in [-0.2, -0.15) is 0 Å². The van der Waals surface area contributed by atoms with Crippen molar-refractivity contribution in [2.75, 3.05) is 24.0 Å². The van der Waals surface area contributed by atoms with Crippen molar-refractivity contribution < 1.29 is 4.74 Å². The summed E-state index contributed by atoms with van der Waals surface area (Å²) in [6.07, 6.45) is 1.02. The van der Waals surface area contributed by atoms with Crippen molar-refractivity contribution in [3.8, 4) is 0 Å². The van der Waals surface area contributed by atoms with Gasteiger partial charge in [0.25, 0.3) is 0 Å². The molecule has 0 fully saturated rings. The van der Waals surface area contributed by atoms with Gasteiger partial charge < -0.3 is 15.1 Å². The third-order valence-corrected chi connectivity index (χ3v) is 3.34. The Kier molecular flexibility index (Phi) is 3.49. The number of rotatable bonds is 4. The molecular formula is C14H17N5O. The SMILES string of the molecule is COCc1nc(NN)cc(N2CCc3ccccc32)n1. The van der Waals surface area contributed by atoms with Gasteiger partial charge in [-0.1, -0.05) is 18.2 Å². The molecule has 1 aliphatic rings. The van der Waals surface area contributed by atoms with Crippen molar-refractivity contribution >= 4 is 17.3 Å². The van der Waals surface area contributed by atoms with Gasteiger partial charge in [0.2, 0.25) is 0 Å². The average molecular weight is 271 g/mol. The molecule has 0 radical (unpaired) electrons. The van der Waals surface area contributed by atoms with Gasteiger partial charge in [-0.15, -0.1) is 0 Å². The van der Waals surface area contributed by atoms with Gasteiger partial charge in [-0.3, -0.25) is 0 Å². The Hall–Kier alpha value is -2.18. The molecule has 0 aliphatic carbocycles. The molecule has 0 atom stereocenters. The fraction of sp³-hybridized carbons (Fsp3) is 0.286. The quantitative estimate of drug-likeness (QED) is 0.650. The average Bonchev–Trinajstić information content (AvgIpc) is 2.91. The second-order valence-corrected chi connectivity index (χ2v) is 4.64. The van der Waals surface area contributed by atoms with E-state index in [0.717, 1.165) is 18.8 Å². The van der Waals surface area contributed by atoms with Gasteiger partial charge in [0.15, 0.2) is 5.82 Å². The third-order valence-electron chi connectivity index (χ3n) is 3.34. The lowest BCUT2D eigenvalue weighted by molar-refractivity contribution is 0.178. The number of hydrogen-bond donors (Lipinski definition) is 2. The highest BCUT2D eigenvalue weighted by Gasteiger charge is 2.21. The molecule has 0 amide bonds. The van der Waals surface area contributed by atoms with Crippen LogP contribution in [0.3, 0.4) is 0 Å². The number of benzene rings is 1. The molecule has 0 spiro atoms. The van der Waals surface area contributed by atoms with Crippen LogP contribution in [-0.2, 0) is 17.8 Å². The summed E-state index contributed by atoms with van der Waals surface area (Å²) >= 11 is 0. The molecule has 6 heteroatoms. The molecule has 3 rings (SSSR count). The lowest BCUT2D eigenvalue weighted by atomic mass is 10.2. The molecule has 1 aliphatic heterocycles. The van der Waals surface area contributed by atoms with E-state index in [9.17, 15) is 0 Å². The zero-order valence-corrected chi connectivity index (χ0v) is 11.3. The van der Waals surface area contributed by atoms with Crippen LogP contribution in [0.1, 0.15) is 11.4 Å². The Morgan fingerprint density at radius 3 is 3.00 bits per heavy atom. The number of fused-ring (bicyclic) bond motifs is 1. The van der Waals surface area contributed by atoms with E-state index in [1.165, 1.54) is 11.3 Å². The first-order valence-corrected chi connectivity index (χ1v) is 6.51. The van der Waals surface area contributed by atoms with Crippen LogP contribution in [0, 0.1) is 0 Å². The van der Waals surface area contributed by atoms with E-state index in [4.69, 9.17) is 10.6 Å². The van der Waals surface area contributed by atoms with Crippen LogP contribution < -0.4 is 16.2 Å². The van der Waals surface area contributed by atoms with Crippen molar-refractivity contribution in [1.82, 2.24) is 9.97 Å². The molecule has 0 bridgehead atoms. The molecule has 3 N–H and O–H groups in total. The van der Waals surface area contributed by atoms with Crippen molar-refractivity contribution in [1.29, 1.82) is 0 Å². The summed E-state index contributed by atoms with van der Waals surface area (Å²) in [5, 5.41) is 0. The maximum Gasteiger partial charge on any atom is 0.158 e. The fourth-order valence-electron chi connectivity index (χ4n) is 2.47. The summed E-state index contributed by atoms with van der Waals surface area (Å²) in [7, 11) is 1.62. The minimum atomic E-state index is 0.359. The van der Waals surface area contributed by atoms with Crippen molar-refractivity contribution in [2.24, 2.45) is 5.84 Å². The van der Waals surface area contributed by atoms with E-state index in [-0.39, 0.29) is 0 Å². The molecule has 0 saturated carbocycles. The molecule has 2 aromatic rings. The van der Waals surface area contributed by atoms with Gasteiger partial charge in [-0.05, 0) is 18.1 Å². The van der Waals surface area contributed by atoms with E-state index in [0.29, 0.717) is 18.2 Å². The van der Waals surface area contributed by atoms with Crippen LogP contribution >= 0.6 is 0 Å². The summed E-state index contributed by atoms with van der Waals surface area (Å²) in [5.41, 5.74) is 5.11. The van der Waals surface area contributed by atoms with Gasteiger partial charge in [0, 0.05) is 25.4 Å². The van der Waals surface area contributed by atoms with Crippen LogP contribution in [0.25, 0.3) is 0 Å². The Morgan fingerprint density at radius 2 is 2.20 bits per heavy atom. The largest absolute Gasteiger partial charge is 0.377 e. The van der Waals surface area contributed by atoms with E-state index in [2.05, 4.69) is 38.5 Å². The van der Waals surface area contributed by atoms with E-state index < -0.39 is 0 Å². The van der Waals surface area contributed by atoms with Gasteiger partial charge in [0.1, 0.15) is 18.2 Å². The molecule has 0 saturated heterocycles. The van der Waals surface area contributed by atoms with Crippen LogP contribution in [0.2, 0.25) is 0 Å². The van der Waals surface area contributed by atoms with Crippen LogP contribution in [0.5, 0.6) is 0 Å². The second-order valence-electron chi connectivity index (χ2n) is 4.64. The molecule has 104 valence electrons. The van der Waals surface area contributed by atoms with Crippen LogP contribution in [0.15, 0.2) is 30.3 Å². The fourth-order valence-corrected chi connectivity index (χ4v) is 2.47. The van der Waals surface area contributed by atoms with Crippen molar-refractivity contribution in [3.63, 3.8) is 0 Å². The number of hydrogen-bond acceptors (Lipinski definition) is 6. The standard InChI is InChI=1S/C14H17N5O/c1-20-9-13-16-12(18-15)8-14(17-13)19-7-6-10-4-2-3-5-11(10)19/h2-5,8H,6-7,9,15H2,1H3,(H,16,17,18). The first-order chi connectivity index (χ1) is 9.81. The van der Waals surface area contributed by atoms with E-state index in [1.807, 2.05) is 12.1 Å². The van der Waals surface area contributed by atoms with E-state index >= 15 is 0 Å². The summed E-state index contributed by atoms with van der Waals surface area (Å²) in [6, 6.07) is 10.2. The normalized spacial score (nSPS) is 13.4. The van der Waals surface area contributed by atoms with Gasteiger partial charge in [0.05, 0.1) is 0 Å². The van der Waals surface area contributed by atoms with Crippen LogP contribution in [0.4, 0.5) is 17.3 Å². The molecule has 1 aromatic carbocycles. The highest BCUT2D eigenvalue weighted by atomic mass is 16.5. The Bertz CT molecular complexity index is 616. The molecule has 1 aromatic heterocycles. The molecule has 0 unspecified atom stereocenters. The highest BCUT2D eigenvalue weighted by molar-refractivity contribution is 5.68. The maximum absolute atomic E-state index is 5.48. The number of anilines is 3. The first-order valence-electron chi connectivity index (χ1n) is 6.51. The van der Waals surface area contributed by atoms with Crippen LogP contribution in [-0.4, -0.2) is 23.6 Å². The zero-order valence-electron chi connectivity index (χ0n) is 11.3. The summed E-state index contributed by atoms with van der Waals surface area (Å²) < 4.78 is 5.10. The predicted molar refractivity (Wildman–Crippen MR) is 77.7 cm³/mol. The number of para-hydroxylation sites is 1. The summed E-state index contributed by atoms with van der Waals surface area (Å²) in [6.45, 7) is 1.27. The lowest BCUT2D eigenvalue weighted by Crippen LogP contribution is -2.18. The number of nitrogens with two attached hydrogens (primary N) is 1. The minimum absolute atomic E-state index is 0.359. The van der Waals surface area contributed by atoms with Gasteiger partial charge >= 0.3 is 0 Å². The minimum Gasteiger partial charge on any atom is -0.377 e. The molecular weight excluding hydrogens is 254 g/mol. The first kappa shape index (κ1) is 12.8.